The second kappa shape index (κ2) is 14.8. The van der Waals surface area contributed by atoms with E-state index in [9.17, 15) is 0 Å². The van der Waals surface area contributed by atoms with Gasteiger partial charge in [-0.05, 0) is 97.5 Å². The molecule has 0 aliphatic heterocycles. The second-order valence-corrected chi connectivity index (χ2v) is 13.5. The summed E-state index contributed by atoms with van der Waals surface area (Å²) in [6.45, 7) is 15.4. The van der Waals surface area contributed by atoms with Crippen molar-refractivity contribution in [1.29, 1.82) is 0 Å². The molecule has 256 valence electrons. The first-order chi connectivity index (χ1) is 23.8. The first-order valence-corrected chi connectivity index (χ1v) is 17.6. The average molecular weight is 751 g/mol. The number of pyridine rings is 1. The Bertz CT molecular complexity index is 2290. The van der Waals surface area contributed by atoms with Crippen LogP contribution in [0.15, 0.2) is 85.1 Å². The Kier molecular flexibility index (Phi) is 10.4. The fraction of sp³-hybridized carbons (Fsp3) is 0.273. The monoisotopic (exact) mass is 750 g/mol. The van der Waals surface area contributed by atoms with Crippen LogP contribution in [0.1, 0.15) is 80.1 Å². The van der Waals surface area contributed by atoms with Gasteiger partial charge in [-0.25, -0.2) is 4.98 Å². The van der Waals surface area contributed by atoms with E-state index in [-0.39, 0.29) is 26.3 Å². The van der Waals surface area contributed by atoms with Crippen molar-refractivity contribution in [2.24, 2.45) is 0 Å². The van der Waals surface area contributed by atoms with Gasteiger partial charge in [0.25, 0.3) is 0 Å². The molecule has 0 N–H and O–H groups in total. The van der Waals surface area contributed by atoms with Crippen molar-refractivity contribution in [2.75, 3.05) is 0 Å². The van der Waals surface area contributed by atoms with Gasteiger partial charge in [0.1, 0.15) is 5.82 Å². The van der Waals surface area contributed by atoms with Crippen LogP contribution in [0.3, 0.4) is 0 Å². The van der Waals surface area contributed by atoms with E-state index in [0.29, 0.717) is 11.5 Å². The summed E-state index contributed by atoms with van der Waals surface area (Å²) in [5.74, 6) is 2.43. The third kappa shape index (κ3) is 6.55. The molecule has 6 heteroatoms. The SMILES string of the molecule is CCCCc1c(-c2c(C)cccc2C)c(CC)nn1-c1[c-]c(Oc2[c-]c3c(cc2)c2ccccc2n3-c2cc(C)ccn2)cc(C(C)C)c1.[Pd+2]. The van der Waals surface area contributed by atoms with Crippen LogP contribution in [-0.2, 0) is 33.3 Å². The summed E-state index contributed by atoms with van der Waals surface area (Å²) in [6, 6.07) is 34.8. The molecule has 0 unspecified atom stereocenters. The average Bonchev–Trinajstić information content (AvgIpc) is 3.62. The minimum atomic E-state index is 0. The van der Waals surface area contributed by atoms with Crippen LogP contribution in [0.2, 0.25) is 0 Å². The number of rotatable bonds is 10. The normalized spacial score (nSPS) is 11.4. The van der Waals surface area contributed by atoms with Gasteiger partial charge in [0, 0.05) is 34.5 Å². The van der Waals surface area contributed by atoms with Gasteiger partial charge in [0.05, 0.1) is 5.69 Å². The van der Waals surface area contributed by atoms with Crippen LogP contribution in [0.5, 0.6) is 11.5 Å². The van der Waals surface area contributed by atoms with Gasteiger partial charge >= 0.3 is 20.4 Å². The van der Waals surface area contributed by atoms with E-state index in [2.05, 4.69) is 137 Å². The fourth-order valence-corrected chi connectivity index (χ4v) is 7.01. The van der Waals surface area contributed by atoms with Gasteiger partial charge in [-0.3, -0.25) is 4.68 Å². The Hall–Kier alpha value is -4.50. The summed E-state index contributed by atoms with van der Waals surface area (Å²) >= 11 is 0. The van der Waals surface area contributed by atoms with E-state index in [0.717, 1.165) is 70.3 Å². The van der Waals surface area contributed by atoms with Gasteiger partial charge in [-0.15, -0.1) is 41.3 Å². The van der Waals surface area contributed by atoms with Gasteiger partial charge in [-0.2, -0.15) is 11.2 Å². The van der Waals surface area contributed by atoms with Crippen molar-refractivity contribution in [2.45, 2.75) is 80.1 Å². The molecule has 0 aliphatic carbocycles. The number of unbranched alkanes of at least 4 members (excludes halogenated alkanes) is 1. The zero-order chi connectivity index (χ0) is 34.2. The van der Waals surface area contributed by atoms with E-state index in [1.165, 1.54) is 33.5 Å². The summed E-state index contributed by atoms with van der Waals surface area (Å²) in [6.07, 6.45) is 5.83. The van der Waals surface area contributed by atoms with Crippen molar-refractivity contribution >= 4 is 21.8 Å². The Balaban J connectivity index is 0.00000432. The number of hydrogen-bond donors (Lipinski definition) is 0. The first-order valence-electron chi connectivity index (χ1n) is 17.6. The predicted molar refractivity (Wildman–Crippen MR) is 202 cm³/mol. The molecule has 0 saturated heterocycles. The van der Waals surface area contributed by atoms with Gasteiger partial charge in [-0.1, -0.05) is 76.0 Å². The molecule has 0 radical (unpaired) electrons. The van der Waals surface area contributed by atoms with Crippen molar-refractivity contribution in [3.05, 3.63) is 131 Å². The largest absolute Gasteiger partial charge is 2.00 e. The molecule has 0 aliphatic rings. The van der Waals surface area contributed by atoms with E-state index in [4.69, 9.17) is 14.8 Å². The fourth-order valence-electron chi connectivity index (χ4n) is 7.01. The van der Waals surface area contributed by atoms with Gasteiger partial charge in [0.2, 0.25) is 0 Å². The number of para-hydroxylation sites is 1. The molecule has 3 heterocycles. The molecular formula is C44H44N4OPd. The van der Waals surface area contributed by atoms with Crippen LogP contribution in [0.4, 0.5) is 0 Å². The number of fused-ring (bicyclic) bond motifs is 3. The van der Waals surface area contributed by atoms with Crippen LogP contribution in [0, 0.1) is 32.9 Å². The van der Waals surface area contributed by atoms with E-state index < -0.39 is 0 Å². The molecule has 0 spiro atoms. The van der Waals surface area contributed by atoms with Crippen LogP contribution in [-0.4, -0.2) is 19.3 Å². The Labute approximate surface area is 310 Å². The molecule has 0 saturated carbocycles. The number of aryl methyl sites for hydroxylation is 4. The Morgan fingerprint density at radius 1 is 0.800 bits per heavy atom. The second-order valence-electron chi connectivity index (χ2n) is 13.5. The van der Waals surface area contributed by atoms with E-state index in [1.807, 2.05) is 18.3 Å². The van der Waals surface area contributed by atoms with Crippen LogP contribution >= 0.6 is 0 Å². The zero-order valence-corrected chi connectivity index (χ0v) is 31.6. The summed E-state index contributed by atoms with van der Waals surface area (Å²) in [5, 5.41) is 7.55. The quantitative estimate of drug-likeness (QED) is 0.103. The molecule has 0 bridgehead atoms. The molecule has 3 aromatic heterocycles. The molecule has 4 aromatic carbocycles. The molecule has 50 heavy (non-hydrogen) atoms. The van der Waals surface area contributed by atoms with Crippen molar-refractivity contribution in [1.82, 2.24) is 19.3 Å². The number of benzene rings is 4. The third-order valence-corrected chi connectivity index (χ3v) is 9.54. The number of nitrogens with zero attached hydrogens (tertiary/aromatic N) is 4. The Morgan fingerprint density at radius 3 is 2.30 bits per heavy atom. The van der Waals surface area contributed by atoms with Crippen molar-refractivity contribution in [3.8, 4) is 34.1 Å². The molecule has 0 atom stereocenters. The predicted octanol–water partition coefficient (Wildman–Crippen LogP) is 11.4. The summed E-state index contributed by atoms with van der Waals surface area (Å²) in [5.41, 5.74) is 12.7. The first kappa shape index (κ1) is 35.3. The number of ether oxygens (including phenoxy) is 1. The molecule has 7 aromatic rings. The Morgan fingerprint density at radius 2 is 1.58 bits per heavy atom. The maximum Gasteiger partial charge on any atom is 2.00 e. The van der Waals surface area contributed by atoms with E-state index in [1.54, 1.807) is 0 Å². The molecular weight excluding hydrogens is 707 g/mol. The van der Waals surface area contributed by atoms with Gasteiger partial charge < -0.3 is 9.30 Å². The molecule has 0 fully saturated rings. The minimum absolute atomic E-state index is 0. The van der Waals surface area contributed by atoms with Crippen LogP contribution in [0.25, 0.3) is 44.4 Å². The molecule has 7 rings (SSSR count). The van der Waals surface area contributed by atoms with Crippen molar-refractivity contribution in [3.63, 3.8) is 0 Å². The topological polar surface area (TPSA) is 44.9 Å². The maximum atomic E-state index is 6.67. The van der Waals surface area contributed by atoms with Crippen LogP contribution < -0.4 is 4.74 Å². The third-order valence-electron chi connectivity index (χ3n) is 9.54. The number of aromatic nitrogens is 4. The smallest absolute Gasteiger partial charge is 0.509 e. The summed E-state index contributed by atoms with van der Waals surface area (Å²) < 4.78 is 11.0. The van der Waals surface area contributed by atoms with E-state index >= 15 is 0 Å². The number of hydrogen-bond acceptors (Lipinski definition) is 3. The zero-order valence-electron chi connectivity index (χ0n) is 30.0. The standard InChI is InChI=1S/C44H44N4O.Pd/c1-8-10-17-40-44(43-30(6)14-13-15-31(43)7)38(9-2)46-48(40)33-24-32(28(3)4)25-35(26-33)49-34-19-20-37-36-16-11-12-18-39(36)47(41(37)27-34)42-23-29(5)21-22-45-42;/h11-16,18-25,28H,8-10,17H2,1-7H3;/q-2;+2. The molecule has 5 nitrogen and oxygen atoms in total. The van der Waals surface area contributed by atoms with Crippen molar-refractivity contribution < 1.29 is 25.2 Å². The summed E-state index contributed by atoms with van der Waals surface area (Å²) in [7, 11) is 0. The maximum absolute atomic E-state index is 6.67. The minimum Gasteiger partial charge on any atom is -0.509 e. The van der Waals surface area contributed by atoms with Gasteiger partial charge in [0.15, 0.2) is 0 Å². The molecule has 0 amide bonds. The summed E-state index contributed by atoms with van der Waals surface area (Å²) in [4.78, 5) is 4.74.